The lowest BCUT2D eigenvalue weighted by molar-refractivity contribution is 0.315. The number of hydrogen-bond acceptors (Lipinski definition) is 4. The summed E-state index contributed by atoms with van der Waals surface area (Å²) in [5.74, 6) is -0.679. The zero-order valence-corrected chi connectivity index (χ0v) is 11.3. The molecule has 1 rings (SSSR count). The lowest BCUT2D eigenvalue weighted by Crippen LogP contribution is -2.34. The first kappa shape index (κ1) is 15.4. The third kappa shape index (κ3) is 3.90. The van der Waals surface area contributed by atoms with Gasteiger partial charge in [-0.1, -0.05) is 18.1 Å². The Morgan fingerprint density at radius 1 is 1.53 bits per heavy atom. The van der Waals surface area contributed by atoms with Crippen molar-refractivity contribution in [3.8, 4) is 0 Å². The van der Waals surface area contributed by atoms with Crippen LogP contribution in [0.3, 0.4) is 0 Å². The first-order valence-corrected chi connectivity index (χ1v) is 7.08. The van der Waals surface area contributed by atoms with Crippen LogP contribution < -0.4 is 5.73 Å². The molecule has 106 valence electrons. The van der Waals surface area contributed by atoms with Crippen molar-refractivity contribution < 1.29 is 18.0 Å². The van der Waals surface area contributed by atoms with Gasteiger partial charge in [-0.15, -0.1) is 0 Å². The second-order valence-corrected chi connectivity index (χ2v) is 5.73. The fourth-order valence-corrected chi connectivity index (χ4v) is 3.00. The SMILES string of the molecule is CCN(CC/C(N)=N/O)S(=O)(=O)c1cccc(F)c1. The molecule has 0 aliphatic carbocycles. The van der Waals surface area contributed by atoms with E-state index in [1.54, 1.807) is 6.92 Å². The summed E-state index contributed by atoms with van der Waals surface area (Å²) >= 11 is 0. The van der Waals surface area contributed by atoms with Crippen molar-refractivity contribution in [3.63, 3.8) is 0 Å². The number of hydrogen-bond donors (Lipinski definition) is 2. The van der Waals surface area contributed by atoms with Crippen molar-refractivity contribution in [2.45, 2.75) is 18.2 Å². The fourth-order valence-electron chi connectivity index (χ4n) is 1.51. The molecule has 1 aromatic carbocycles. The fraction of sp³-hybridized carbons (Fsp3) is 0.364. The van der Waals surface area contributed by atoms with Crippen LogP contribution >= 0.6 is 0 Å². The van der Waals surface area contributed by atoms with Crippen molar-refractivity contribution in [1.82, 2.24) is 4.31 Å². The van der Waals surface area contributed by atoms with Gasteiger partial charge < -0.3 is 10.9 Å². The van der Waals surface area contributed by atoms with Gasteiger partial charge in [-0.3, -0.25) is 0 Å². The van der Waals surface area contributed by atoms with Crippen molar-refractivity contribution in [3.05, 3.63) is 30.1 Å². The second-order valence-electron chi connectivity index (χ2n) is 3.80. The Kier molecular flexibility index (Phi) is 5.25. The molecule has 6 nitrogen and oxygen atoms in total. The molecular weight excluding hydrogens is 273 g/mol. The zero-order chi connectivity index (χ0) is 14.5. The summed E-state index contributed by atoms with van der Waals surface area (Å²) in [6, 6.07) is 4.79. The maximum absolute atomic E-state index is 13.1. The van der Waals surface area contributed by atoms with Crippen molar-refractivity contribution >= 4 is 15.9 Å². The minimum absolute atomic E-state index is 0.0608. The molecule has 0 radical (unpaired) electrons. The molecule has 0 amide bonds. The van der Waals surface area contributed by atoms with E-state index in [1.165, 1.54) is 18.2 Å². The predicted octanol–water partition coefficient (Wildman–Crippen LogP) is 0.973. The van der Waals surface area contributed by atoms with Gasteiger partial charge in [0.25, 0.3) is 0 Å². The largest absolute Gasteiger partial charge is 0.409 e. The highest BCUT2D eigenvalue weighted by atomic mass is 32.2. The van der Waals surface area contributed by atoms with E-state index < -0.39 is 15.8 Å². The van der Waals surface area contributed by atoms with Crippen LogP contribution in [0.15, 0.2) is 34.3 Å². The molecule has 0 aliphatic rings. The van der Waals surface area contributed by atoms with Crippen LogP contribution in [0.25, 0.3) is 0 Å². The van der Waals surface area contributed by atoms with Gasteiger partial charge in [0.2, 0.25) is 10.0 Å². The molecule has 0 spiro atoms. The van der Waals surface area contributed by atoms with Gasteiger partial charge in [0.1, 0.15) is 11.7 Å². The minimum Gasteiger partial charge on any atom is -0.409 e. The number of halogens is 1. The number of nitrogens with zero attached hydrogens (tertiary/aromatic N) is 2. The van der Waals surface area contributed by atoms with E-state index >= 15 is 0 Å². The van der Waals surface area contributed by atoms with Crippen molar-refractivity contribution in [2.24, 2.45) is 10.9 Å². The average molecular weight is 289 g/mol. The van der Waals surface area contributed by atoms with Gasteiger partial charge >= 0.3 is 0 Å². The van der Waals surface area contributed by atoms with Crippen LogP contribution in [0.4, 0.5) is 4.39 Å². The molecule has 0 aromatic heterocycles. The Morgan fingerprint density at radius 3 is 2.74 bits per heavy atom. The Hall–Kier alpha value is -1.67. The highest BCUT2D eigenvalue weighted by Crippen LogP contribution is 2.16. The molecule has 1 aromatic rings. The zero-order valence-electron chi connectivity index (χ0n) is 10.5. The van der Waals surface area contributed by atoms with E-state index in [9.17, 15) is 12.8 Å². The molecule has 0 fully saturated rings. The molecule has 0 bridgehead atoms. The van der Waals surface area contributed by atoms with Crippen molar-refractivity contribution in [2.75, 3.05) is 13.1 Å². The highest BCUT2D eigenvalue weighted by molar-refractivity contribution is 7.89. The molecular formula is C11H16FN3O3S. The third-order valence-corrected chi connectivity index (χ3v) is 4.50. The average Bonchev–Trinajstić information content (AvgIpc) is 2.38. The molecule has 0 saturated heterocycles. The summed E-state index contributed by atoms with van der Waals surface area (Å²) < 4.78 is 38.7. The standard InChI is InChI=1S/C11H16FN3O3S/c1-2-15(7-6-11(13)14-16)19(17,18)10-5-3-4-9(12)8-10/h3-5,8,16H,2,6-7H2,1H3,(H2,13,14). The smallest absolute Gasteiger partial charge is 0.243 e. The molecule has 8 heteroatoms. The highest BCUT2D eigenvalue weighted by Gasteiger charge is 2.23. The number of benzene rings is 1. The predicted molar refractivity (Wildman–Crippen MR) is 68.9 cm³/mol. The van der Waals surface area contributed by atoms with Crippen LogP contribution in [0, 0.1) is 5.82 Å². The van der Waals surface area contributed by atoms with Gasteiger partial charge in [-0.2, -0.15) is 4.31 Å². The molecule has 0 heterocycles. The molecule has 0 atom stereocenters. The third-order valence-electron chi connectivity index (χ3n) is 2.53. The Morgan fingerprint density at radius 2 is 2.21 bits per heavy atom. The molecule has 0 saturated carbocycles. The summed E-state index contributed by atoms with van der Waals surface area (Å²) in [6.45, 7) is 1.92. The topological polar surface area (TPSA) is 96.0 Å². The second kappa shape index (κ2) is 6.48. The first-order chi connectivity index (χ1) is 8.91. The van der Waals surface area contributed by atoms with E-state index in [1.807, 2.05) is 0 Å². The lowest BCUT2D eigenvalue weighted by atomic mass is 10.4. The monoisotopic (exact) mass is 289 g/mol. The van der Waals surface area contributed by atoms with E-state index in [0.29, 0.717) is 0 Å². The maximum atomic E-state index is 13.1. The van der Waals surface area contributed by atoms with Crippen molar-refractivity contribution in [1.29, 1.82) is 0 Å². The summed E-state index contributed by atoms with van der Waals surface area (Å²) in [5.41, 5.74) is 5.30. The molecule has 0 unspecified atom stereocenters. The molecule has 3 N–H and O–H groups in total. The van der Waals surface area contributed by atoms with E-state index in [4.69, 9.17) is 10.9 Å². The van der Waals surface area contributed by atoms with Crippen LogP contribution in [-0.2, 0) is 10.0 Å². The molecule has 19 heavy (non-hydrogen) atoms. The van der Waals surface area contributed by atoms with Gasteiger partial charge in [0.05, 0.1) is 4.90 Å². The maximum Gasteiger partial charge on any atom is 0.243 e. The van der Waals surface area contributed by atoms with Gasteiger partial charge in [0.15, 0.2) is 0 Å². The lowest BCUT2D eigenvalue weighted by Gasteiger charge is -2.20. The van der Waals surface area contributed by atoms with Gasteiger partial charge in [0, 0.05) is 19.5 Å². The number of amidine groups is 1. The quantitative estimate of drug-likeness (QED) is 0.353. The summed E-state index contributed by atoms with van der Waals surface area (Å²) in [6.07, 6.45) is 0.0961. The Bertz CT molecular complexity index is 560. The van der Waals surface area contributed by atoms with Crippen LogP contribution in [0.5, 0.6) is 0 Å². The summed E-state index contributed by atoms with van der Waals surface area (Å²) in [4.78, 5) is -0.117. The van der Waals surface area contributed by atoms with Crippen LogP contribution in [0.2, 0.25) is 0 Å². The van der Waals surface area contributed by atoms with Crippen LogP contribution in [-0.4, -0.2) is 36.9 Å². The number of rotatable bonds is 6. The van der Waals surface area contributed by atoms with Gasteiger partial charge in [-0.05, 0) is 18.2 Å². The first-order valence-electron chi connectivity index (χ1n) is 5.64. The number of sulfonamides is 1. The Labute approximate surface area is 111 Å². The summed E-state index contributed by atoms with van der Waals surface area (Å²) in [7, 11) is -3.78. The van der Waals surface area contributed by atoms with Crippen LogP contribution in [0.1, 0.15) is 13.3 Å². The number of oxime groups is 1. The van der Waals surface area contributed by atoms with E-state index in [-0.39, 0.29) is 30.2 Å². The minimum atomic E-state index is -3.78. The summed E-state index contributed by atoms with van der Waals surface area (Å²) in [5, 5.41) is 11.2. The van der Waals surface area contributed by atoms with E-state index in [0.717, 1.165) is 10.4 Å². The van der Waals surface area contributed by atoms with E-state index in [2.05, 4.69) is 5.16 Å². The number of nitrogens with two attached hydrogens (primary N) is 1. The van der Waals surface area contributed by atoms with Gasteiger partial charge in [-0.25, -0.2) is 12.8 Å². The normalized spacial score (nSPS) is 12.9. The molecule has 0 aliphatic heterocycles. The Balaban J connectivity index is 2.96.